The highest BCUT2D eigenvalue weighted by atomic mass is 28.2. The molecule has 0 saturated carbocycles. The lowest BCUT2D eigenvalue weighted by atomic mass is 10.2. The molecular formula is C8H10F2O3Si. The lowest BCUT2D eigenvalue weighted by molar-refractivity contribution is -0.180. The summed E-state index contributed by atoms with van der Waals surface area (Å²) in [5.41, 5.74) is 0.467. The molecule has 1 aromatic carbocycles. The van der Waals surface area contributed by atoms with Gasteiger partial charge in [-0.3, -0.25) is 0 Å². The molecule has 1 rings (SSSR count). The second kappa shape index (κ2) is 5.16. The van der Waals surface area contributed by atoms with Gasteiger partial charge in [0.05, 0.1) is 0 Å². The fourth-order valence-corrected chi connectivity index (χ4v) is 1.89. The molecule has 0 aromatic heterocycles. The number of benzene rings is 1. The van der Waals surface area contributed by atoms with E-state index >= 15 is 0 Å². The average molecular weight is 220 g/mol. The van der Waals surface area contributed by atoms with Crippen molar-refractivity contribution >= 4 is 9.76 Å². The van der Waals surface area contributed by atoms with E-state index in [1.807, 2.05) is 0 Å². The van der Waals surface area contributed by atoms with Crippen LogP contribution in [-0.4, -0.2) is 26.5 Å². The maximum absolute atomic E-state index is 12.6. The third-order valence-electron chi connectivity index (χ3n) is 1.58. The van der Waals surface area contributed by atoms with Crippen LogP contribution in [0.4, 0.5) is 8.78 Å². The molecule has 0 radical (unpaired) electrons. The van der Waals surface area contributed by atoms with Crippen molar-refractivity contribution in [2.45, 2.75) is 12.5 Å². The van der Waals surface area contributed by atoms with Gasteiger partial charge in [-0.25, -0.2) is 8.78 Å². The summed E-state index contributed by atoms with van der Waals surface area (Å²) in [6.07, 6.45) is 0. The number of halogens is 2. The van der Waals surface area contributed by atoms with Gasteiger partial charge in [-0.2, -0.15) is 0 Å². The quantitative estimate of drug-likeness (QED) is 0.547. The largest absolute Gasteiger partial charge is 0.379 e. The van der Waals surface area contributed by atoms with E-state index in [-0.39, 0.29) is 0 Å². The molecule has 0 fully saturated rings. The fourth-order valence-electron chi connectivity index (χ4n) is 1.04. The molecule has 0 unspecified atom stereocenters. The molecule has 0 heterocycles. The molecule has 78 valence electrons. The van der Waals surface area contributed by atoms with Gasteiger partial charge in [-0.05, 0) is 23.7 Å². The van der Waals surface area contributed by atoms with Gasteiger partial charge in [0, 0.05) is 6.07 Å². The molecule has 0 aliphatic rings. The maximum atomic E-state index is 12.6. The normalized spacial score (nSPS) is 11.8. The standard InChI is InChI=1S/C8H10F2O3Si/c9-6-1-5(2-7(10)3-6)4-14-13-8(11)12/h1-3,8,11-12H,4,14H2. The lowest BCUT2D eigenvalue weighted by Gasteiger charge is -2.05. The highest BCUT2D eigenvalue weighted by Gasteiger charge is 2.02. The van der Waals surface area contributed by atoms with E-state index in [0.29, 0.717) is 11.6 Å². The first-order chi connectivity index (χ1) is 6.58. The van der Waals surface area contributed by atoms with Crippen LogP contribution < -0.4 is 0 Å². The summed E-state index contributed by atoms with van der Waals surface area (Å²) in [6.45, 7) is -1.79. The van der Waals surface area contributed by atoms with E-state index in [9.17, 15) is 8.78 Å². The molecule has 1 aromatic rings. The Morgan fingerprint density at radius 3 is 2.29 bits per heavy atom. The third-order valence-corrected chi connectivity index (χ3v) is 2.90. The predicted octanol–water partition coefficient (Wildman–Crippen LogP) is -0.167. The van der Waals surface area contributed by atoms with Gasteiger partial charge >= 0.3 is 0 Å². The molecular weight excluding hydrogens is 210 g/mol. The van der Waals surface area contributed by atoms with Gasteiger partial charge in [0.1, 0.15) is 11.6 Å². The molecule has 2 N–H and O–H groups in total. The first-order valence-electron chi connectivity index (χ1n) is 4.00. The molecule has 0 bridgehead atoms. The average Bonchev–Trinajstić information content (AvgIpc) is 2.01. The molecule has 0 aliphatic carbocycles. The minimum absolute atomic E-state index is 0.353. The smallest absolute Gasteiger partial charge is 0.256 e. The van der Waals surface area contributed by atoms with Gasteiger partial charge in [0.2, 0.25) is 0 Å². The Kier molecular flexibility index (Phi) is 4.14. The van der Waals surface area contributed by atoms with Gasteiger partial charge < -0.3 is 14.6 Å². The minimum atomic E-state index is -1.79. The number of hydrogen-bond donors (Lipinski definition) is 2. The lowest BCUT2D eigenvalue weighted by Crippen LogP contribution is -2.15. The molecule has 0 aliphatic heterocycles. The van der Waals surface area contributed by atoms with Crippen molar-refractivity contribution in [3.05, 3.63) is 35.4 Å². The van der Waals surface area contributed by atoms with Crippen LogP contribution in [0, 0.1) is 11.6 Å². The van der Waals surface area contributed by atoms with E-state index < -0.39 is 27.9 Å². The topological polar surface area (TPSA) is 49.7 Å². The van der Waals surface area contributed by atoms with Crippen molar-refractivity contribution in [2.75, 3.05) is 0 Å². The SMILES string of the molecule is OC(O)O[SiH2]Cc1cc(F)cc(F)c1. The Bertz CT molecular complexity index is 286. The van der Waals surface area contributed by atoms with Crippen LogP contribution in [0.2, 0.25) is 0 Å². The van der Waals surface area contributed by atoms with E-state index in [2.05, 4.69) is 4.43 Å². The van der Waals surface area contributed by atoms with Crippen molar-refractivity contribution in [1.29, 1.82) is 0 Å². The maximum Gasteiger partial charge on any atom is 0.256 e. The van der Waals surface area contributed by atoms with Crippen LogP contribution >= 0.6 is 0 Å². The van der Waals surface area contributed by atoms with Gasteiger partial charge in [0.25, 0.3) is 6.48 Å². The molecule has 0 saturated heterocycles. The van der Waals surface area contributed by atoms with E-state index in [1.54, 1.807) is 0 Å². The highest BCUT2D eigenvalue weighted by molar-refractivity contribution is 6.26. The van der Waals surface area contributed by atoms with Crippen molar-refractivity contribution in [3.8, 4) is 0 Å². The van der Waals surface area contributed by atoms with Crippen LogP contribution in [-0.2, 0) is 10.5 Å². The Balaban J connectivity index is 2.50. The number of hydrogen-bond acceptors (Lipinski definition) is 3. The predicted molar refractivity (Wildman–Crippen MR) is 47.9 cm³/mol. The summed E-state index contributed by atoms with van der Waals surface area (Å²) in [7, 11) is -1.20. The summed E-state index contributed by atoms with van der Waals surface area (Å²) in [4.78, 5) is 0. The van der Waals surface area contributed by atoms with Gasteiger partial charge in [-0.15, -0.1) is 0 Å². The molecule has 6 heteroatoms. The van der Waals surface area contributed by atoms with Crippen LogP contribution in [0.1, 0.15) is 5.56 Å². The second-order valence-corrected chi connectivity index (χ2v) is 3.97. The van der Waals surface area contributed by atoms with Crippen molar-refractivity contribution in [1.82, 2.24) is 0 Å². The zero-order valence-corrected chi connectivity index (χ0v) is 8.70. The van der Waals surface area contributed by atoms with Crippen LogP contribution in [0.3, 0.4) is 0 Å². The molecule has 3 nitrogen and oxygen atoms in total. The third kappa shape index (κ3) is 3.92. The van der Waals surface area contributed by atoms with Crippen LogP contribution in [0.5, 0.6) is 0 Å². The van der Waals surface area contributed by atoms with Crippen molar-refractivity contribution in [3.63, 3.8) is 0 Å². The van der Waals surface area contributed by atoms with Crippen molar-refractivity contribution in [2.24, 2.45) is 0 Å². The molecule has 0 atom stereocenters. The zero-order valence-electron chi connectivity index (χ0n) is 7.28. The monoisotopic (exact) mass is 220 g/mol. The van der Waals surface area contributed by atoms with E-state index in [4.69, 9.17) is 10.2 Å². The summed E-state index contributed by atoms with van der Waals surface area (Å²) in [5, 5.41) is 16.7. The Morgan fingerprint density at radius 2 is 1.79 bits per heavy atom. The minimum Gasteiger partial charge on any atom is -0.379 e. The van der Waals surface area contributed by atoms with Gasteiger partial charge in [-0.1, -0.05) is 0 Å². The summed E-state index contributed by atoms with van der Waals surface area (Å²) < 4.78 is 29.8. The van der Waals surface area contributed by atoms with Crippen LogP contribution in [0.25, 0.3) is 0 Å². The molecule has 0 spiro atoms. The highest BCUT2D eigenvalue weighted by Crippen LogP contribution is 2.08. The second-order valence-electron chi connectivity index (χ2n) is 2.72. The fraction of sp³-hybridized carbons (Fsp3) is 0.250. The molecule has 14 heavy (non-hydrogen) atoms. The summed E-state index contributed by atoms with van der Waals surface area (Å²) >= 11 is 0. The number of rotatable bonds is 4. The Morgan fingerprint density at radius 1 is 1.21 bits per heavy atom. The van der Waals surface area contributed by atoms with Crippen LogP contribution in [0.15, 0.2) is 18.2 Å². The number of aliphatic hydroxyl groups is 2. The Hall–Kier alpha value is -0.823. The van der Waals surface area contributed by atoms with Gasteiger partial charge in [0.15, 0.2) is 9.76 Å². The molecule has 0 amide bonds. The first kappa shape index (κ1) is 11.3. The summed E-state index contributed by atoms with van der Waals surface area (Å²) in [6, 6.07) is 3.53. The Labute approximate surface area is 81.9 Å². The first-order valence-corrected chi connectivity index (χ1v) is 5.58. The summed E-state index contributed by atoms with van der Waals surface area (Å²) in [5.74, 6) is -1.28. The zero-order chi connectivity index (χ0) is 10.6. The van der Waals surface area contributed by atoms with E-state index in [0.717, 1.165) is 6.07 Å². The number of aliphatic hydroxyl groups excluding tert-OH is 1. The van der Waals surface area contributed by atoms with Crippen molar-refractivity contribution < 1.29 is 23.4 Å². The van der Waals surface area contributed by atoms with E-state index in [1.165, 1.54) is 12.1 Å².